The van der Waals surface area contributed by atoms with Gasteiger partial charge in [-0.2, -0.15) is 0 Å². The summed E-state index contributed by atoms with van der Waals surface area (Å²) in [7, 11) is 0. The van der Waals surface area contributed by atoms with Gasteiger partial charge in [0.05, 0.1) is 28.6 Å². The molecule has 0 unspecified atom stereocenters. The van der Waals surface area contributed by atoms with Gasteiger partial charge in [-0.15, -0.1) is 18.2 Å². The predicted octanol–water partition coefficient (Wildman–Crippen LogP) is 14.4. The van der Waals surface area contributed by atoms with E-state index in [1.54, 1.807) is 12.1 Å². The summed E-state index contributed by atoms with van der Waals surface area (Å²) in [6.45, 7) is 15.8. The van der Waals surface area contributed by atoms with Gasteiger partial charge in [-0.3, -0.25) is 9.97 Å². The Kier molecular flexibility index (Phi) is 12.1. The van der Waals surface area contributed by atoms with Crippen LogP contribution in [-0.4, -0.2) is 32.8 Å². The first-order chi connectivity index (χ1) is 30.8. The number of rotatable bonds is 8. The van der Waals surface area contributed by atoms with Crippen molar-refractivity contribution in [3.63, 3.8) is 0 Å². The molecule has 63 heavy (non-hydrogen) atoms. The molecule has 0 aliphatic heterocycles. The van der Waals surface area contributed by atoms with E-state index in [1.165, 1.54) is 37.9 Å². The summed E-state index contributed by atoms with van der Waals surface area (Å²) in [5.74, 6) is 8.68. The molecule has 9 rings (SSSR count). The molecular formula is C56H58GeIrN4O-2. The maximum absolute atomic E-state index is 7.56. The zero-order chi connectivity index (χ0) is 46.6. The van der Waals surface area contributed by atoms with Crippen molar-refractivity contribution in [2.45, 2.75) is 96.8 Å². The van der Waals surface area contributed by atoms with E-state index in [9.17, 15) is 0 Å². The van der Waals surface area contributed by atoms with Gasteiger partial charge in [0, 0.05) is 37.4 Å². The summed E-state index contributed by atoms with van der Waals surface area (Å²) < 4.78 is 32.8. The Morgan fingerprint density at radius 1 is 0.778 bits per heavy atom. The summed E-state index contributed by atoms with van der Waals surface area (Å²) in [6.07, 6.45) is 5.83. The van der Waals surface area contributed by atoms with Crippen LogP contribution >= 0.6 is 0 Å². The molecule has 0 saturated carbocycles. The number of imidazole rings is 1. The Labute approximate surface area is 394 Å². The first-order valence-corrected chi connectivity index (χ1v) is 29.0. The maximum atomic E-state index is 7.56. The van der Waals surface area contributed by atoms with Crippen LogP contribution in [0.5, 0.6) is 0 Å². The van der Waals surface area contributed by atoms with Crippen LogP contribution in [0.3, 0.4) is 0 Å². The summed E-state index contributed by atoms with van der Waals surface area (Å²) in [4.78, 5) is 14.4. The van der Waals surface area contributed by atoms with E-state index in [0.717, 1.165) is 61.2 Å². The molecule has 0 aliphatic rings. The second-order valence-electron chi connectivity index (χ2n) is 18.7. The number of hydrogen-bond donors (Lipinski definition) is 0. The Morgan fingerprint density at radius 2 is 1.48 bits per heavy atom. The van der Waals surface area contributed by atoms with E-state index in [1.807, 2.05) is 55.0 Å². The molecule has 4 aromatic heterocycles. The van der Waals surface area contributed by atoms with Crippen molar-refractivity contribution in [1.29, 1.82) is 0 Å². The second-order valence-corrected chi connectivity index (χ2v) is 29.3. The van der Waals surface area contributed by atoms with Gasteiger partial charge >= 0.3 is 165 Å². The Bertz CT molecular complexity index is 3150. The molecule has 0 bridgehead atoms. The minimum atomic E-state index is -2.18. The van der Waals surface area contributed by atoms with E-state index in [4.69, 9.17) is 18.5 Å². The van der Waals surface area contributed by atoms with Gasteiger partial charge in [-0.05, 0) is 48.4 Å². The largest absolute Gasteiger partial charge is 0 e. The predicted molar refractivity (Wildman–Crippen MR) is 263 cm³/mol. The van der Waals surface area contributed by atoms with Gasteiger partial charge in [-0.1, -0.05) is 74.5 Å². The van der Waals surface area contributed by atoms with Gasteiger partial charge in [0.1, 0.15) is 5.58 Å². The van der Waals surface area contributed by atoms with E-state index in [2.05, 4.69) is 149 Å². The maximum Gasteiger partial charge on any atom is 0 e. The van der Waals surface area contributed by atoms with Gasteiger partial charge < -0.3 is 8.98 Å². The standard InChI is InChI=1S/C32H30N3O.C24H28GeN.Ir/c1-18(2)25-14-20(5)15-26(19(3)4)30(25)35-29-21(6)16-33-17-27(29)34-32(35)24-12-9-11-23-22-10-7-8-13-28(22)36-31(23)24;1-18-12-14-19(15-13-18)23-16-21(22(17-26-23)25(4,5)6)24(2,3)20-10-8-7-9-11-20;/h7-11,13-19H,1-6H3;7-14,16-17H,1-6H3;/q2*-1;/i;1D3;. The summed E-state index contributed by atoms with van der Waals surface area (Å²) in [5.41, 5.74) is 15.1. The number of benzene rings is 5. The number of hydrogen-bond acceptors (Lipinski definition) is 4. The van der Waals surface area contributed by atoms with Gasteiger partial charge in [-0.25, -0.2) is 0 Å². The molecule has 0 atom stereocenters. The van der Waals surface area contributed by atoms with Crippen molar-refractivity contribution in [1.82, 2.24) is 19.5 Å². The SMILES string of the molecule is Cc1cc(C(C)C)c(-n2c(-c3[c-]ccc4c3oc3ccccc34)nc3cncc(C)c32)c(C(C)C)c1.[2H]C([2H])([2H])c1c[c-]c(-c2cc(C(C)(C)c3ccccc3)[c]([Ge]([CH3])([CH3])[CH3])cn2)cc1.[Ir]. The number of nitrogens with zero attached hydrogens (tertiary/aromatic N) is 4. The smallest absolute Gasteiger partial charge is 0 e. The molecule has 323 valence electrons. The van der Waals surface area contributed by atoms with Crippen molar-refractivity contribution in [3.05, 3.63) is 173 Å². The third-order valence-electron chi connectivity index (χ3n) is 12.1. The van der Waals surface area contributed by atoms with Crippen LogP contribution in [0.2, 0.25) is 17.3 Å². The number of aryl methyl sites for hydroxylation is 3. The molecule has 4 heterocycles. The van der Waals surface area contributed by atoms with E-state index in [0.29, 0.717) is 17.4 Å². The fraction of sp³-hybridized carbons (Fsp3) is 0.268. The second kappa shape index (κ2) is 18.2. The van der Waals surface area contributed by atoms with Gasteiger partial charge in [0.25, 0.3) is 0 Å². The Hall–Kier alpha value is -5.14. The van der Waals surface area contributed by atoms with Crippen molar-refractivity contribution < 1.29 is 28.6 Å². The van der Waals surface area contributed by atoms with Crippen LogP contribution in [0.4, 0.5) is 0 Å². The molecule has 7 heteroatoms. The van der Waals surface area contributed by atoms with Crippen molar-refractivity contribution >= 4 is 50.6 Å². The van der Waals surface area contributed by atoms with Gasteiger partial charge in [0.15, 0.2) is 0 Å². The molecule has 0 spiro atoms. The van der Waals surface area contributed by atoms with E-state index in [-0.39, 0.29) is 25.5 Å². The molecule has 9 aromatic rings. The molecule has 5 aromatic carbocycles. The zero-order valence-electron chi connectivity index (χ0n) is 41.2. The molecule has 5 nitrogen and oxygen atoms in total. The molecule has 0 amide bonds. The van der Waals surface area contributed by atoms with E-state index >= 15 is 0 Å². The summed E-state index contributed by atoms with van der Waals surface area (Å²) >= 11 is -2.18. The van der Waals surface area contributed by atoms with Crippen molar-refractivity contribution in [2.24, 2.45) is 0 Å². The molecule has 1 radical (unpaired) electrons. The summed E-state index contributed by atoms with van der Waals surface area (Å²) in [5, 5.41) is 2.18. The zero-order valence-corrected chi connectivity index (χ0v) is 42.7. The van der Waals surface area contributed by atoms with Crippen LogP contribution in [0, 0.1) is 32.8 Å². The topological polar surface area (TPSA) is 56.7 Å². The van der Waals surface area contributed by atoms with Crippen LogP contribution in [0.1, 0.15) is 96.4 Å². The average molecular weight is 1070 g/mol. The Morgan fingerprint density at radius 3 is 2.13 bits per heavy atom. The fourth-order valence-electron chi connectivity index (χ4n) is 8.71. The third kappa shape index (κ3) is 8.88. The van der Waals surface area contributed by atoms with Crippen LogP contribution in [0.15, 0.2) is 126 Å². The Balaban J connectivity index is 0.000000198. The quantitative estimate of drug-likeness (QED) is 0.112. The van der Waals surface area contributed by atoms with Crippen LogP contribution < -0.4 is 4.40 Å². The first-order valence-electron chi connectivity index (χ1n) is 23.1. The van der Waals surface area contributed by atoms with Crippen molar-refractivity contribution in [2.75, 3.05) is 0 Å². The number of fused-ring (bicyclic) bond motifs is 4. The van der Waals surface area contributed by atoms with Crippen LogP contribution in [-0.2, 0) is 25.5 Å². The minimum absolute atomic E-state index is 0. The fourth-order valence-corrected chi connectivity index (χ4v) is 12.2. The molecule has 0 aliphatic carbocycles. The monoisotopic (exact) mass is 1070 g/mol. The van der Waals surface area contributed by atoms with Crippen molar-refractivity contribution in [3.8, 4) is 28.3 Å². The van der Waals surface area contributed by atoms with Gasteiger partial charge in [0.2, 0.25) is 0 Å². The average Bonchev–Trinajstić information content (AvgIpc) is 3.85. The molecule has 0 fully saturated rings. The first kappa shape index (κ1) is 41.8. The number of para-hydroxylation sites is 1. The summed E-state index contributed by atoms with van der Waals surface area (Å²) in [6, 6.07) is 41.3. The molecule has 0 saturated heterocycles. The molecular weight excluding hydrogens is 1010 g/mol. The number of aromatic nitrogens is 4. The number of pyridine rings is 2. The number of furan rings is 1. The normalized spacial score (nSPS) is 12.9. The van der Waals surface area contributed by atoms with E-state index < -0.39 is 20.1 Å². The molecule has 0 N–H and O–H groups in total. The third-order valence-corrected chi connectivity index (χ3v) is 16.3. The minimum Gasteiger partial charge on any atom is 0 e. The van der Waals surface area contributed by atoms with Crippen LogP contribution in [0.25, 0.3) is 61.3 Å².